The van der Waals surface area contributed by atoms with Crippen LogP contribution in [0.5, 0.6) is 0 Å². The molecule has 0 fully saturated rings. The van der Waals surface area contributed by atoms with Crippen molar-refractivity contribution in [1.29, 1.82) is 5.26 Å². The largest absolute Gasteiger partial charge is 0.385 e. The van der Waals surface area contributed by atoms with Gasteiger partial charge < -0.3 is 20.4 Å². The number of aryl methyl sites for hydroxylation is 3. The van der Waals surface area contributed by atoms with Crippen LogP contribution in [-0.4, -0.2) is 39.4 Å². The number of nitrogens with two attached hydrogens (primary N) is 1. The molecule has 3 aromatic heterocycles. The predicted molar refractivity (Wildman–Crippen MR) is 116 cm³/mol. The van der Waals surface area contributed by atoms with Crippen molar-refractivity contribution >= 4 is 17.3 Å². The molecule has 3 N–H and O–H groups in total. The summed E-state index contributed by atoms with van der Waals surface area (Å²) in [4.78, 5) is 17.2. The van der Waals surface area contributed by atoms with Crippen LogP contribution in [0.15, 0.2) is 23.1 Å². The maximum absolute atomic E-state index is 12.6. The van der Waals surface area contributed by atoms with Crippen molar-refractivity contribution in [1.82, 2.24) is 19.2 Å². The molecule has 0 amide bonds. The van der Waals surface area contributed by atoms with E-state index in [0.717, 1.165) is 24.1 Å². The second-order valence-electron chi connectivity index (χ2n) is 7.04. The molecular weight excluding hydrogens is 382 g/mol. The maximum Gasteiger partial charge on any atom is 0.253 e. The molecule has 0 bridgehead atoms. The highest BCUT2D eigenvalue weighted by Gasteiger charge is 2.18. The molecule has 0 aliphatic rings. The number of fused-ring (bicyclic) bond motifs is 1. The van der Waals surface area contributed by atoms with E-state index in [1.165, 1.54) is 4.52 Å². The summed E-state index contributed by atoms with van der Waals surface area (Å²) < 4.78 is 8.27. The molecule has 0 aromatic carbocycles. The monoisotopic (exact) mass is 409 g/mol. The quantitative estimate of drug-likeness (QED) is 0.517. The predicted octanol–water partition coefficient (Wildman–Crippen LogP) is 1.91. The Morgan fingerprint density at radius 2 is 2.20 bits per heavy atom. The molecule has 0 saturated heterocycles. The summed E-state index contributed by atoms with van der Waals surface area (Å²) in [5.74, 6) is 0.668. The second-order valence-corrected chi connectivity index (χ2v) is 7.04. The molecule has 0 spiro atoms. The van der Waals surface area contributed by atoms with Gasteiger partial charge in [-0.25, -0.2) is 4.98 Å². The third-order valence-corrected chi connectivity index (χ3v) is 5.09. The summed E-state index contributed by atoms with van der Waals surface area (Å²) in [5, 5.41) is 17.2. The molecule has 9 nitrogen and oxygen atoms in total. The first-order valence-electron chi connectivity index (χ1n) is 10.0. The summed E-state index contributed by atoms with van der Waals surface area (Å²) in [5.41, 5.74) is 9.61. The van der Waals surface area contributed by atoms with Crippen molar-refractivity contribution < 1.29 is 4.74 Å². The number of methoxy groups -OCH3 is 1. The van der Waals surface area contributed by atoms with Crippen molar-refractivity contribution in [3.8, 4) is 6.07 Å². The zero-order valence-corrected chi connectivity index (χ0v) is 17.6. The highest BCUT2D eigenvalue weighted by Crippen LogP contribution is 2.24. The first kappa shape index (κ1) is 21.3. The Morgan fingerprint density at radius 3 is 2.90 bits per heavy atom. The number of nitrogens with one attached hydrogen (secondary N) is 1. The molecule has 3 aromatic rings. The van der Waals surface area contributed by atoms with Crippen molar-refractivity contribution in [3.63, 3.8) is 0 Å². The zero-order valence-electron chi connectivity index (χ0n) is 17.6. The average Bonchev–Trinajstić information content (AvgIpc) is 3.06. The summed E-state index contributed by atoms with van der Waals surface area (Å²) in [6.07, 6.45) is 3.82. The first-order valence-corrected chi connectivity index (χ1v) is 10.0. The molecular formula is C21H27N7O2. The van der Waals surface area contributed by atoms with Gasteiger partial charge in [-0.3, -0.25) is 4.79 Å². The molecule has 30 heavy (non-hydrogen) atoms. The second kappa shape index (κ2) is 9.41. The van der Waals surface area contributed by atoms with Gasteiger partial charge in [-0.15, -0.1) is 0 Å². The molecule has 0 unspecified atom stereocenters. The summed E-state index contributed by atoms with van der Waals surface area (Å²) in [6, 6.07) is 5.80. The minimum absolute atomic E-state index is 0.0153. The Balaban J connectivity index is 1.80. The lowest BCUT2D eigenvalue weighted by Crippen LogP contribution is -2.25. The van der Waals surface area contributed by atoms with Crippen molar-refractivity contribution in [2.45, 2.75) is 39.7 Å². The van der Waals surface area contributed by atoms with Gasteiger partial charge in [0.1, 0.15) is 23.3 Å². The van der Waals surface area contributed by atoms with E-state index in [-0.39, 0.29) is 16.9 Å². The van der Waals surface area contributed by atoms with E-state index in [4.69, 9.17) is 10.5 Å². The number of nitrogens with zero attached hydrogens (tertiary/aromatic N) is 5. The van der Waals surface area contributed by atoms with Crippen LogP contribution >= 0.6 is 0 Å². The van der Waals surface area contributed by atoms with Gasteiger partial charge in [-0.1, -0.05) is 13.0 Å². The molecule has 158 valence electrons. The Morgan fingerprint density at radius 1 is 1.40 bits per heavy atom. The Kier molecular flexibility index (Phi) is 6.69. The van der Waals surface area contributed by atoms with Gasteiger partial charge in [0.05, 0.1) is 5.69 Å². The van der Waals surface area contributed by atoms with Gasteiger partial charge in [-0.05, 0) is 32.3 Å². The highest BCUT2D eigenvalue weighted by molar-refractivity contribution is 5.69. The smallest absolute Gasteiger partial charge is 0.253 e. The van der Waals surface area contributed by atoms with Crippen LogP contribution in [0.1, 0.15) is 35.7 Å². The number of hydrogen-bond acceptors (Lipinski definition) is 7. The average molecular weight is 409 g/mol. The van der Waals surface area contributed by atoms with E-state index < -0.39 is 0 Å². The van der Waals surface area contributed by atoms with Crippen LogP contribution in [0.4, 0.5) is 11.6 Å². The van der Waals surface area contributed by atoms with E-state index in [1.807, 2.05) is 26.0 Å². The standard InChI is InChI=1S/C21H27N7O2/c1-4-16-14(2)26-28-18(23)17(13-22)19(25-20(16)28)24-9-8-15-7-5-10-27(21(15)29)11-6-12-30-3/h5,7,10H,4,6,8-9,11-12,23H2,1-3H3,(H,24,25). The number of anilines is 2. The summed E-state index contributed by atoms with van der Waals surface area (Å²) in [7, 11) is 1.65. The number of pyridine rings is 1. The minimum Gasteiger partial charge on any atom is -0.385 e. The number of nitriles is 1. The van der Waals surface area contributed by atoms with Crippen LogP contribution in [0.25, 0.3) is 5.65 Å². The Labute approximate surface area is 175 Å². The highest BCUT2D eigenvalue weighted by atomic mass is 16.5. The number of rotatable bonds is 9. The molecule has 3 rings (SSSR count). The van der Waals surface area contributed by atoms with E-state index in [9.17, 15) is 10.1 Å². The van der Waals surface area contributed by atoms with Crippen molar-refractivity contribution in [3.05, 3.63) is 51.1 Å². The maximum atomic E-state index is 12.6. The van der Waals surface area contributed by atoms with Gasteiger partial charge in [0.2, 0.25) is 0 Å². The number of nitrogen functional groups attached to an aromatic ring is 1. The lowest BCUT2D eigenvalue weighted by atomic mass is 10.2. The van der Waals surface area contributed by atoms with Crippen LogP contribution in [0, 0.1) is 18.3 Å². The lowest BCUT2D eigenvalue weighted by Gasteiger charge is -2.11. The molecule has 0 aliphatic heterocycles. The fourth-order valence-corrected chi connectivity index (χ4v) is 3.52. The molecule has 9 heteroatoms. The van der Waals surface area contributed by atoms with Gasteiger partial charge >= 0.3 is 0 Å². The molecule has 0 atom stereocenters. The Bertz CT molecular complexity index is 1140. The van der Waals surface area contributed by atoms with Gasteiger partial charge in [-0.2, -0.15) is 14.9 Å². The third kappa shape index (κ3) is 4.14. The molecule has 0 radical (unpaired) electrons. The summed E-state index contributed by atoms with van der Waals surface area (Å²) >= 11 is 0. The van der Waals surface area contributed by atoms with Crippen LogP contribution in [0.3, 0.4) is 0 Å². The van der Waals surface area contributed by atoms with Gasteiger partial charge in [0.15, 0.2) is 5.65 Å². The Hall–Kier alpha value is -3.38. The topological polar surface area (TPSA) is 123 Å². The van der Waals surface area contributed by atoms with E-state index >= 15 is 0 Å². The normalized spacial score (nSPS) is 11.0. The molecule has 0 saturated carbocycles. The fourth-order valence-electron chi connectivity index (χ4n) is 3.52. The molecule has 0 aliphatic carbocycles. The van der Waals surface area contributed by atoms with E-state index in [2.05, 4.69) is 21.5 Å². The third-order valence-electron chi connectivity index (χ3n) is 5.09. The van der Waals surface area contributed by atoms with Crippen LogP contribution in [-0.2, 0) is 24.1 Å². The summed E-state index contributed by atoms with van der Waals surface area (Å²) in [6.45, 7) is 5.60. The SMILES string of the molecule is CCc1c(C)nn2c(N)c(C#N)c(NCCc3cccn(CCCOC)c3=O)nc12. The zero-order chi connectivity index (χ0) is 21.7. The fraction of sp³-hybridized carbons (Fsp3) is 0.429. The molecule has 3 heterocycles. The van der Waals surface area contributed by atoms with Crippen molar-refractivity contribution in [2.75, 3.05) is 31.3 Å². The van der Waals surface area contributed by atoms with Crippen LogP contribution < -0.4 is 16.6 Å². The van der Waals surface area contributed by atoms with Gasteiger partial charge in [0.25, 0.3) is 5.56 Å². The van der Waals surface area contributed by atoms with Crippen LogP contribution in [0.2, 0.25) is 0 Å². The van der Waals surface area contributed by atoms with Gasteiger partial charge in [0, 0.05) is 44.1 Å². The van der Waals surface area contributed by atoms with Crippen molar-refractivity contribution in [2.24, 2.45) is 0 Å². The number of hydrogen-bond donors (Lipinski definition) is 2. The number of aromatic nitrogens is 4. The van der Waals surface area contributed by atoms with E-state index in [1.54, 1.807) is 17.9 Å². The van der Waals surface area contributed by atoms with E-state index in [0.29, 0.717) is 43.1 Å². The lowest BCUT2D eigenvalue weighted by molar-refractivity contribution is 0.190. The first-order chi connectivity index (χ1) is 14.5. The minimum atomic E-state index is -0.0153. The number of ether oxygens (including phenoxy) is 1.